The average Bonchev–Trinajstić information content (AvgIpc) is 3.31. The fourth-order valence-corrected chi connectivity index (χ4v) is 8.14. The molecule has 0 heterocycles. The van der Waals surface area contributed by atoms with Crippen molar-refractivity contribution in [2.45, 2.75) is 128 Å². The van der Waals surface area contributed by atoms with Crippen molar-refractivity contribution in [1.29, 1.82) is 0 Å². The molecular formula is C52H88N8O8. The van der Waals surface area contributed by atoms with Gasteiger partial charge < -0.3 is 62.3 Å². The lowest BCUT2D eigenvalue weighted by Gasteiger charge is -2.29. The molecule has 0 bridgehead atoms. The monoisotopic (exact) mass is 953 g/mol. The van der Waals surface area contributed by atoms with E-state index in [2.05, 4.69) is 10.6 Å². The summed E-state index contributed by atoms with van der Waals surface area (Å²) in [6.45, 7) is 5.83. The molecule has 16 nitrogen and oxygen atoms in total. The number of unbranched alkanes of at least 4 members (excludes halogenated alkanes) is 8. The number of ether oxygens (including phenoxy) is 4. The Hall–Kier alpha value is -4.32. The van der Waals surface area contributed by atoms with Crippen molar-refractivity contribution in [3.63, 3.8) is 0 Å². The van der Waals surface area contributed by atoms with Gasteiger partial charge in [-0.05, 0) is 188 Å². The number of carbonyl (C=O) groups excluding carboxylic acids is 4. The first kappa shape index (κ1) is 58.0. The fraction of sp³-hybridized carbons (Fsp3) is 0.692. The average molecular weight is 953 g/mol. The highest BCUT2D eigenvalue weighted by Crippen LogP contribution is 2.36. The number of benzene rings is 2. The van der Waals surface area contributed by atoms with Crippen LogP contribution in [0.25, 0.3) is 0 Å². The summed E-state index contributed by atoms with van der Waals surface area (Å²) in [7, 11) is 7.83. The predicted molar refractivity (Wildman–Crippen MR) is 272 cm³/mol. The number of carbonyl (C=O) groups is 4. The van der Waals surface area contributed by atoms with Gasteiger partial charge in [0, 0.05) is 44.1 Å². The molecule has 0 aliphatic heterocycles. The van der Waals surface area contributed by atoms with E-state index in [1.807, 2.05) is 38.0 Å². The number of nitrogens with two attached hydrogens (primary N) is 4. The highest BCUT2D eigenvalue weighted by molar-refractivity contribution is 6.05. The number of nitrogens with zero attached hydrogens (tertiary/aromatic N) is 2. The van der Waals surface area contributed by atoms with Crippen molar-refractivity contribution in [3.05, 3.63) is 46.5 Å². The number of ketones is 2. The van der Waals surface area contributed by atoms with Gasteiger partial charge in [0.25, 0.3) is 11.8 Å². The smallest absolute Gasteiger partial charge is 0.255 e. The molecule has 0 saturated heterocycles. The molecule has 2 aromatic rings. The van der Waals surface area contributed by atoms with Crippen LogP contribution in [0.5, 0.6) is 23.0 Å². The summed E-state index contributed by atoms with van der Waals surface area (Å²) in [5, 5.41) is 6.20. The molecule has 1 aliphatic rings. The van der Waals surface area contributed by atoms with E-state index in [4.69, 9.17) is 41.9 Å². The van der Waals surface area contributed by atoms with E-state index < -0.39 is 0 Å². The van der Waals surface area contributed by atoms with Crippen LogP contribution in [-0.4, -0.2) is 140 Å². The summed E-state index contributed by atoms with van der Waals surface area (Å²) < 4.78 is 25.0. The van der Waals surface area contributed by atoms with Crippen LogP contribution < -0.4 is 52.5 Å². The Kier molecular flexibility index (Phi) is 29.0. The van der Waals surface area contributed by atoms with Crippen LogP contribution >= 0.6 is 0 Å². The van der Waals surface area contributed by atoms with Gasteiger partial charge >= 0.3 is 0 Å². The van der Waals surface area contributed by atoms with Gasteiger partial charge in [0.1, 0.15) is 23.0 Å². The van der Waals surface area contributed by atoms with Crippen molar-refractivity contribution in [2.24, 2.45) is 28.9 Å². The van der Waals surface area contributed by atoms with E-state index in [0.717, 1.165) is 83.6 Å². The number of likely N-dealkylation sites (N-methyl/N-ethyl adjacent to an activating group) is 1. The second kappa shape index (κ2) is 34.1. The molecule has 2 amide bonds. The first-order valence-electron chi connectivity index (χ1n) is 25.5. The van der Waals surface area contributed by atoms with Crippen LogP contribution in [0.1, 0.15) is 163 Å². The molecule has 1 saturated carbocycles. The quantitative estimate of drug-likeness (QED) is 0.0330. The number of nitrogens with one attached hydrogen (secondary N) is 2. The molecular weight excluding hydrogens is 865 g/mol. The number of amides is 2. The van der Waals surface area contributed by atoms with Crippen LogP contribution in [0.2, 0.25) is 0 Å². The van der Waals surface area contributed by atoms with E-state index in [0.29, 0.717) is 138 Å². The zero-order valence-corrected chi connectivity index (χ0v) is 42.1. The largest absolute Gasteiger partial charge is 0.493 e. The van der Waals surface area contributed by atoms with Crippen molar-refractivity contribution >= 4 is 23.4 Å². The van der Waals surface area contributed by atoms with E-state index >= 15 is 0 Å². The van der Waals surface area contributed by atoms with Gasteiger partial charge in [0.05, 0.1) is 48.7 Å². The maximum atomic E-state index is 14.3. The second-order valence-electron chi connectivity index (χ2n) is 18.7. The first-order chi connectivity index (χ1) is 32.9. The third-order valence-electron chi connectivity index (χ3n) is 12.2. The van der Waals surface area contributed by atoms with Gasteiger partial charge in [-0.3, -0.25) is 19.2 Å². The van der Waals surface area contributed by atoms with Gasteiger partial charge in [-0.25, -0.2) is 0 Å². The Morgan fingerprint density at radius 2 is 0.912 bits per heavy atom. The highest BCUT2D eigenvalue weighted by atomic mass is 16.5. The zero-order chi connectivity index (χ0) is 49.5. The molecule has 0 spiro atoms. The molecule has 0 unspecified atom stereocenters. The predicted octanol–water partition coefficient (Wildman–Crippen LogP) is 6.10. The van der Waals surface area contributed by atoms with Crippen molar-refractivity contribution < 1.29 is 38.1 Å². The minimum atomic E-state index is -0.337. The van der Waals surface area contributed by atoms with E-state index in [-0.39, 0.29) is 52.9 Å². The summed E-state index contributed by atoms with van der Waals surface area (Å²) in [6, 6.07) is 6.55. The lowest BCUT2D eigenvalue weighted by atomic mass is 9.82. The van der Waals surface area contributed by atoms with Crippen molar-refractivity contribution in [1.82, 2.24) is 20.4 Å². The van der Waals surface area contributed by atoms with E-state index in [1.165, 1.54) is 0 Å². The molecule has 2 aromatic carbocycles. The Bertz CT molecular complexity index is 1660. The van der Waals surface area contributed by atoms with Crippen molar-refractivity contribution in [2.75, 3.05) is 100 Å². The Balaban J connectivity index is 1.83. The minimum absolute atomic E-state index is 0.0666. The van der Waals surface area contributed by atoms with Gasteiger partial charge in [-0.15, -0.1) is 0 Å². The molecule has 384 valence electrons. The maximum Gasteiger partial charge on any atom is 0.255 e. The highest BCUT2D eigenvalue weighted by Gasteiger charge is 2.29. The first-order valence-corrected chi connectivity index (χ1v) is 25.5. The molecule has 0 atom stereocenters. The SMILES string of the molecule is CN(C)CCCC(=O)c1cc(C(=O)CC2CCC(NC(=O)c3cc(C(=O)NCCN(C)C)c(OCCCCCN)cc3OCCCCCN)CC2)c(OCCCCCN)cc1OCCCCCN. The topological polar surface area (TPSA) is 240 Å². The molecule has 0 radical (unpaired) electrons. The van der Waals surface area contributed by atoms with E-state index in [9.17, 15) is 19.2 Å². The summed E-state index contributed by atoms with van der Waals surface area (Å²) in [5.41, 5.74) is 24.2. The normalized spacial score (nSPS) is 14.8. The van der Waals surface area contributed by atoms with Gasteiger partial charge in [-0.1, -0.05) is 0 Å². The van der Waals surface area contributed by atoms with Crippen LogP contribution in [0.15, 0.2) is 24.3 Å². The molecule has 3 rings (SSSR count). The number of Topliss-reactive ketones (excluding diaryl/α,β-unsaturated/α-hetero) is 2. The second-order valence-corrected chi connectivity index (χ2v) is 18.7. The molecule has 68 heavy (non-hydrogen) atoms. The Morgan fingerprint density at radius 1 is 0.500 bits per heavy atom. The molecule has 10 N–H and O–H groups in total. The van der Waals surface area contributed by atoms with E-state index in [1.54, 1.807) is 24.3 Å². The van der Waals surface area contributed by atoms with Crippen LogP contribution in [0.3, 0.4) is 0 Å². The lowest BCUT2D eigenvalue weighted by molar-refractivity contribution is 0.0891. The molecule has 16 heteroatoms. The Labute approximate surface area is 407 Å². The standard InChI is InChI=1S/C52H88N8O8/c1-59(2)28-17-18-45(61)41-35-42(48(66-31-14-6-10-24-54)37-47(41)65-30-13-5-9-23-53)46(62)34-39-19-21-40(22-20-39)58-52(64)44-36-43(51(63)57-27-29-60(3)4)49(67-32-15-7-11-25-55)38-50(44)68-33-16-8-12-26-56/h35-40H,5-34,53-56H2,1-4H3,(H,57,63)(H,58,64). The summed E-state index contributed by atoms with van der Waals surface area (Å²) in [6.07, 6.45) is 14.3. The minimum Gasteiger partial charge on any atom is -0.493 e. The van der Waals surface area contributed by atoms with Gasteiger partial charge in [0.15, 0.2) is 11.6 Å². The lowest BCUT2D eigenvalue weighted by Crippen LogP contribution is -2.38. The molecule has 0 aromatic heterocycles. The van der Waals surface area contributed by atoms with Crippen LogP contribution in [-0.2, 0) is 0 Å². The van der Waals surface area contributed by atoms with Gasteiger partial charge in [0.2, 0.25) is 0 Å². The van der Waals surface area contributed by atoms with Crippen molar-refractivity contribution in [3.8, 4) is 23.0 Å². The van der Waals surface area contributed by atoms with Crippen LogP contribution in [0.4, 0.5) is 0 Å². The number of hydrogen-bond acceptors (Lipinski definition) is 14. The number of rotatable bonds is 38. The summed E-state index contributed by atoms with van der Waals surface area (Å²) >= 11 is 0. The summed E-state index contributed by atoms with van der Waals surface area (Å²) in [5.74, 6) is 0.824. The van der Waals surface area contributed by atoms with Gasteiger partial charge in [-0.2, -0.15) is 0 Å². The molecule has 1 fully saturated rings. The zero-order valence-electron chi connectivity index (χ0n) is 42.1. The third kappa shape index (κ3) is 22.0. The molecule has 1 aliphatic carbocycles. The fourth-order valence-electron chi connectivity index (χ4n) is 8.14. The number of hydrogen-bond donors (Lipinski definition) is 6. The van der Waals surface area contributed by atoms with Crippen LogP contribution in [0, 0.1) is 5.92 Å². The Morgan fingerprint density at radius 3 is 1.35 bits per heavy atom. The maximum absolute atomic E-state index is 14.3. The summed E-state index contributed by atoms with van der Waals surface area (Å²) in [4.78, 5) is 60.0. The third-order valence-corrected chi connectivity index (χ3v) is 12.2.